The third kappa shape index (κ3) is 3.72. The molecule has 0 aliphatic carbocycles. The fraction of sp³-hybridized carbons (Fsp3) is 0.556. The lowest BCUT2D eigenvalue weighted by molar-refractivity contribution is 0.549. The Kier molecular flexibility index (Phi) is 5.00. The summed E-state index contributed by atoms with van der Waals surface area (Å²) in [6.07, 6.45) is 1.81. The van der Waals surface area contributed by atoms with Crippen molar-refractivity contribution in [3.8, 4) is 0 Å². The van der Waals surface area contributed by atoms with Gasteiger partial charge in [0.1, 0.15) is 6.33 Å². The molecule has 0 fully saturated rings. The number of benzene rings is 1. The summed E-state index contributed by atoms with van der Waals surface area (Å²) in [4.78, 5) is 0. The summed E-state index contributed by atoms with van der Waals surface area (Å²) in [7, 11) is 0. The van der Waals surface area contributed by atoms with E-state index in [1.54, 1.807) is 11.8 Å². The van der Waals surface area contributed by atoms with E-state index in [-0.39, 0.29) is 5.41 Å². The Hall–Kier alpha value is -1.29. The van der Waals surface area contributed by atoms with Crippen LogP contribution in [0.25, 0.3) is 0 Å². The van der Waals surface area contributed by atoms with Gasteiger partial charge in [-0.3, -0.25) is 0 Å². The first-order valence-corrected chi connectivity index (χ1v) is 8.81. The van der Waals surface area contributed by atoms with Crippen molar-refractivity contribution in [1.82, 2.24) is 14.8 Å². The van der Waals surface area contributed by atoms with Gasteiger partial charge in [0.15, 0.2) is 5.16 Å². The van der Waals surface area contributed by atoms with Crippen LogP contribution in [0.1, 0.15) is 62.9 Å². The average Bonchev–Trinajstić information content (AvgIpc) is 2.85. The lowest BCUT2D eigenvalue weighted by Gasteiger charge is -2.22. The summed E-state index contributed by atoms with van der Waals surface area (Å²) in [5, 5.41) is 9.28. The van der Waals surface area contributed by atoms with Crippen molar-refractivity contribution >= 4 is 11.8 Å². The second-order valence-corrected chi connectivity index (χ2v) is 8.18. The fourth-order valence-electron chi connectivity index (χ4n) is 2.48. The molecular weight excluding hydrogens is 290 g/mol. The van der Waals surface area contributed by atoms with E-state index in [1.807, 2.05) is 6.33 Å². The van der Waals surface area contributed by atoms with Gasteiger partial charge >= 0.3 is 0 Å². The molecule has 0 unspecified atom stereocenters. The monoisotopic (exact) mass is 317 g/mol. The second kappa shape index (κ2) is 6.45. The van der Waals surface area contributed by atoms with Crippen molar-refractivity contribution in [3.05, 3.63) is 40.7 Å². The first kappa shape index (κ1) is 17.1. The van der Waals surface area contributed by atoms with Gasteiger partial charge < -0.3 is 4.57 Å². The molecule has 0 aliphatic heterocycles. The van der Waals surface area contributed by atoms with Gasteiger partial charge in [-0.1, -0.05) is 44.7 Å². The van der Waals surface area contributed by atoms with Crippen LogP contribution in [0.2, 0.25) is 0 Å². The van der Waals surface area contributed by atoms with Crippen molar-refractivity contribution in [2.75, 3.05) is 0 Å². The van der Waals surface area contributed by atoms with Gasteiger partial charge in [0, 0.05) is 11.8 Å². The molecule has 0 spiro atoms. The number of hydrogen-bond acceptors (Lipinski definition) is 3. The van der Waals surface area contributed by atoms with E-state index < -0.39 is 0 Å². The minimum Gasteiger partial charge on any atom is -0.306 e. The SMILES string of the molecule is Cc1cc(C(C)(C)C)cc(C)c1CSc1nncn1C(C)C. The molecule has 120 valence electrons. The molecule has 0 atom stereocenters. The standard InChI is InChI=1S/C18H27N3S/c1-12(2)21-11-19-20-17(21)22-10-16-13(3)8-15(9-14(16)4)18(5,6)7/h8-9,11-12H,10H2,1-7H3. The summed E-state index contributed by atoms with van der Waals surface area (Å²) in [5.41, 5.74) is 5.75. The van der Waals surface area contributed by atoms with Crippen LogP contribution < -0.4 is 0 Å². The zero-order chi connectivity index (χ0) is 16.5. The van der Waals surface area contributed by atoms with Gasteiger partial charge in [-0.2, -0.15) is 0 Å². The van der Waals surface area contributed by atoms with E-state index >= 15 is 0 Å². The Labute approximate surface area is 138 Å². The predicted octanol–water partition coefficient (Wildman–Crippen LogP) is 5.07. The summed E-state index contributed by atoms with van der Waals surface area (Å²) in [6, 6.07) is 5.05. The number of nitrogens with zero attached hydrogens (tertiary/aromatic N) is 3. The molecule has 1 aromatic heterocycles. The number of aryl methyl sites for hydroxylation is 2. The van der Waals surface area contributed by atoms with E-state index in [0.29, 0.717) is 6.04 Å². The molecule has 0 radical (unpaired) electrons. The lowest BCUT2D eigenvalue weighted by Crippen LogP contribution is -2.12. The van der Waals surface area contributed by atoms with Crippen molar-refractivity contribution < 1.29 is 0 Å². The van der Waals surface area contributed by atoms with Crippen LogP contribution in [0.3, 0.4) is 0 Å². The molecule has 3 nitrogen and oxygen atoms in total. The predicted molar refractivity (Wildman–Crippen MR) is 94.6 cm³/mol. The van der Waals surface area contributed by atoms with Crippen molar-refractivity contribution in [1.29, 1.82) is 0 Å². The molecule has 0 bridgehead atoms. The van der Waals surface area contributed by atoms with Gasteiger partial charge in [0.2, 0.25) is 0 Å². The number of hydrogen-bond donors (Lipinski definition) is 0. The summed E-state index contributed by atoms with van der Waals surface area (Å²) in [5.74, 6) is 0.938. The van der Waals surface area contributed by atoms with Crippen LogP contribution in [0.4, 0.5) is 0 Å². The van der Waals surface area contributed by atoms with E-state index in [0.717, 1.165) is 10.9 Å². The maximum Gasteiger partial charge on any atom is 0.191 e. The van der Waals surface area contributed by atoms with Crippen molar-refractivity contribution in [2.24, 2.45) is 0 Å². The largest absolute Gasteiger partial charge is 0.306 e. The van der Waals surface area contributed by atoms with Crippen LogP contribution in [-0.4, -0.2) is 14.8 Å². The van der Waals surface area contributed by atoms with Gasteiger partial charge in [-0.05, 0) is 55.4 Å². The molecule has 4 heteroatoms. The van der Waals surface area contributed by atoms with Gasteiger partial charge in [-0.15, -0.1) is 10.2 Å². The van der Waals surface area contributed by atoms with Crippen molar-refractivity contribution in [2.45, 2.75) is 70.8 Å². The average molecular weight is 318 g/mol. The number of rotatable bonds is 4. The third-order valence-electron chi connectivity index (χ3n) is 4.00. The van der Waals surface area contributed by atoms with Crippen LogP contribution in [-0.2, 0) is 11.2 Å². The third-order valence-corrected chi connectivity index (χ3v) is 4.99. The Morgan fingerprint density at radius 1 is 1.14 bits per heavy atom. The summed E-state index contributed by atoms with van der Waals surface area (Å²) in [6.45, 7) is 15.5. The second-order valence-electron chi connectivity index (χ2n) is 7.24. The maximum atomic E-state index is 4.24. The summed E-state index contributed by atoms with van der Waals surface area (Å²) >= 11 is 1.77. The number of thioether (sulfide) groups is 1. The van der Waals surface area contributed by atoms with Crippen LogP contribution in [0.15, 0.2) is 23.6 Å². The summed E-state index contributed by atoms with van der Waals surface area (Å²) < 4.78 is 2.12. The zero-order valence-corrected chi connectivity index (χ0v) is 15.6. The molecule has 0 saturated carbocycles. The number of aromatic nitrogens is 3. The minimum atomic E-state index is 0.193. The normalized spacial score (nSPS) is 12.2. The molecule has 0 amide bonds. The van der Waals surface area contributed by atoms with Gasteiger partial charge in [0.05, 0.1) is 0 Å². The van der Waals surface area contributed by atoms with E-state index in [2.05, 4.69) is 75.4 Å². The highest BCUT2D eigenvalue weighted by molar-refractivity contribution is 7.98. The molecule has 1 aromatic carbocycles. The molecule has 1 heterocycles. The Morgan fingerprint density at radius 3 is 2.23 bits per heavy atom. The lowest BCUT2D eigenvalue weighted by atomic mass is 9.84. The first-order chi connectivity index (χ1) is 10.2. The van der Waals surface area contributed by atoms with Crippen LogP contribution in [0.5, 0.6) is 0 Å². The highest BCUT2D eigenvalue weighted by Gasteiger charge is 2.17. The smallest absolute Gasteiger partial charge is 0.191 e. The van der Waals surface area contributed by atoms with Crippen LogP contribution >= 0.6 is 11.8 Å². The molecule has 2 rings (SSSR count). The van der Waals surface area contributed by atoms with Gasteiger partial charge in [-0.25, -0.2) is 0 Å². The van der Waals surface area contributed by atoms with Gasteiger partial charge in [0.25, 0.3) is 0 Å². The zero-order valence-electron chi connectivity index (χ0n) is 14.8. The molecule has 0 aliphatic rings. The molecular formula is C18H27N3S. The van der Waals surface area contributed by atoms with E-state index in [4.69, 9.17) is 0 Å². The highest BCUT2D eigenvalue weighted by Crippen LogP contribution is 2.30. The van der Waals surface area contributed by atoms with E-state index in [1.165, 1.54) is 22.3 Å². The Bertz CT molecular complexity index is 628. The van der Waals surface area contributed by atoms with E-state index in [9.17, 15) is 0 Å². The highest BCUT2D eigenvalue weighted by atomic mass is 32.2. The molecule has 0 saturated heterocycles. The molecule has 2 aromatic rings. The Morgan fingerprint density at radius 2 is 1.73 bits per heavy atom. The molecule has 0 N–H and O–H groups in total. The first-order valence-electron chi connectivity index (χ1n) is 7.83. The minimum absolute atomic E-state index is 0.193. The maximum absolute atomic E-state index is 4.24. The fourth-order valence-corrected chi connectivity index (χ4v) is 3.72. The van der Waals surface area contributed by atoms with Crippen LogP contribution in [0, 0.1) is 13.8 Å². The topological polar surface area (TPSA) is 30.7 Å². The molecule has 22 heavy (non-hydrogen) atoms. The van der Waals surface area contributed by atoms with Crippen molar-refractivity contribution in [3.63, 3.8) is 0 Å². The Balaban J connectivity index is 2.22. The quantitative estimate of drug-likeness (QED) is 0.738.